The normalized spacial score (nSPS) is 22.0. The maximum atomic E-state index is 13.2. The number of aryl methyl sites for hydroxylation is 1. The average molecular weight is 383 g/mol. The number of thiazole rings is 1. The van der Waals surface area contributed by atoms with Crippen molar-refractivity contribution in [1.29, 1.82) is 0 Å². The zero-order valence-electron chi connectivity index (χ0n) is 15.1. The van der Waals surface area contributed by atoms with Gasteiger partial charge in [-0.2, -0.15) is 0 Å². The standard InChI is InChI=1S/C20H21N3O3S/c1-13-12-27-20(21-13)23(14-7-3-2-4-8-14)17(24)11-22-18(25)15-9-5-6-10-16(15)19(22)26/h2-4,7-8,12,15-16H,5-6,9-11H2,1H3. The number of hydrogen-bond acceptors (Lipinski definition) is 5. The number of carbonyl (C=O) groups excluding carboxylic acids is 3. The minimum Gasteiger partial charge on any atom is -0.274 e. The van der Waals surface area contributed by atoms with Gasteiger partial charge >= 0.3 is 0 Å². The van der Waals surface area contributed by atoms with Crippen LogP contribution in [-0.2, 0) is 14.4 Å². The van der Waals surface area contributed by atoms with E-state index >= 15 is 0 Å². The molecule has 0 N–H and O–H groups in total. The molecule has 0 spiro atoms. The molecule has 0 radical (unpaired) electrons. The second-order valence-electron chi connectivity index (χ2n) is 7.10. The lowest BCUT2D eigenvalue weighted by molar-refractivity contribution is -0.143. The first kappa shape index (κ1) is 17.9. The first-order valence-corrected chi connectivity index (χ1v) is 10.1. The topological polar surface area (TPSA) is 70.6 Å². The van der Waals surface area contributed by atoms with E-state index < -0.39 is 0 Å². The molecule has 2 aliphatic rings. The zero-order valence-corrected chi connectivity index (χ0v) is 15.9. The van der Waals surface area contributed by atoms with Crippen LogP contribution in [0.5, 0.6) is 0 Å². The Morgan fingerprint density at radius 3 is 2.33 bits per heavy atom. The van der Waals surface area contributed by atoms with Gasteiger partial charge in [-0.1, -0.05) is 31.0 Å². The van der Waals surface area contributed by atoms with Gasteiger partial charge in [0.2, 0.25) is 11.8 Å². The number of imide groups is 1. The van der Waals surface area contributed by atoms with Crippen LogP contribution in [0.1, 0.15) is 31.4 Å². The molecule has 7 heteroatoms. The number of benzene rings is 1. The van der Waals surface area contributed by atoms with Crippen LogP contribution < -0.4 is 4.90 Å². The molecule has 2 unspecified atom stereocenters. The summed E-state index contributed by atoms with van der Waals surface area (Å²) in [4.78, 5) is 45.7. The van der Waals surface area contributed by atoms with E-state index in [4.69, 9.17) is 0 Å². The van der Waals surface area contributed by atoms with Gasteiger partial charge in [0, 0.05) is 5.38 Å². The molecule has 1 saturated carbocycles. The third-order valence-electron chi connectivity index (χ3n) is 5.29. The van der Waals surface area contributed by atoms with E-state index in [2.05, 4.69) is 4.98 Å². The van der Waals surface area contributed by atoms with Gasteiger partial charge in [-0.15, -0.1) is 11.3 Å². The van der Waals surface area contributed by atoms with Crippen molar-refractivity contribution < 1.29 is 14.4 Å². The second-order valence-corrected chi connectivity index (χ2v) is 7.93. The van der Waals surface area contributed by atoms with E-state index in [1.165, 1.54) is 21.1 Å². The Kier molecular flexibility index (Phi) is 4.78. The van der Waals surface area contributed by atoms with Gasteiger partial charge in [0.25, 0.3) is 5.91 Å². The lowest BCUT2D eigenvalue weighted by Crippen LogP contribution is -2.41. The monoisotopic (exact) mass is 383 g/mol. The molecule has 1 saturated heterocycles. The molecule has 6 nitrogen and oxygen atoms in total. The maximum absolute atomic E-state index is 13.2. The van der Waals surface area contributed by atoms with Crippen LogP contribution in [0.25, 0.3) is 0 Å². The maximum Gasteiger partial charge on any atom is 0.253 e. The molecule has 2 atom stereocenters. The van der Waals surface area contributed by atoms with Crippen molar-refractivity contribution in [2.45, 2.75) is 32.6 Å². The van der Waals surface area contributed by atoms with Gasteiger partial charge in [0.05, 0.1) is 23.2 Å². The number of carbonyl (C=O) groups is 3. The molecule has 1 aromatic carbocycles. The number of likely N-dealkylation sites (tertiary alicyclic amines) is 1. The molecule has 3 amide bonds. The predicted molar refractivity (Wildman–Crippen MR) is 103 cm³/mol. The first-order chi connectivity index (χ1) is 13.1. The van der Waals surface area contributed by atoms with Crippen molar-refractivity contribution >= 4 is 39.9 Å². The van der Waals surface area contributed by atoms with Crippen molar-refractivity contribution in [1.82, 2.24) is 9.88 Å². The summed E-state index contributed by atoms with van der Waals surface area (Å²) >= 11 is 1.37. The largest absolute Gasteiger partial charge is 0.274 e. The fourth-order valence-electron chi connectivity index (χ4n) is 3.98. The summed E-state index contributed by atoms with van der Waals surface area (Å²) in [5.41, 5.74) is 1.50. The first-order valence-electron chi connectivity index (χ1n) is 9.21. The fourth-order valence-corrected chi connectivity index (χ4v) is 4.81. The minimum absolute atomic E-state index is 0.193. The molecule has 27 heavy (non-hydrogen) atoms. The van der Waals surface area contributed by atoms with Crippen LogP contribution in [0.15, 0.2) is 35.7 Å². The Morgan fingerprint density at radius 2 is 1.78 bits per heavy atom. The van der Waals surface area contributed by atoms with E-state index in [9.17, 15) is 14.4 Å². The lowest BCUT2D eigenvalue weighted by Gasteiger charge is -2.23. The number of anilines is 2. The van der Waals surface area contributed by atoms with Crippen molar-refractivity contribution in [2.75, 3.05) is 11.4 Å². The molecule has 2 aromatic rings. The number of rotatable bonds is 4. The van der Waals surface area contributed by atoms with Crippen LogP contribution in [0, 0.1) is 18.8 Å². The van der Waals surface area contributed by atoms with E-state index in [-0.39, 0.29) is 36.1 Å². The average Bonchev–Trinajstić information content (AvgIpc) is 3.20. The number of amides is 3. The third-order valence-corrected chi connectivity index (χ3v) is 6.23. The summed E-state index contributed by atoms with van der Waals surface area (Å²) in [7, 11) is 0. The predicted octanol–water partition coefficient (Wildman–Crippen LogP) is 3.29. The van der Waals surface area contributed by atoms with Gasteiger partial charge in [-0.3, -0.25) is 24.2 Å². The molecule has 1 aliphatic carbocycles. The van der Waals surface area contributed by atoms with Crippen molar-refractivity contribution in [3.63, 3.8) is 0 Å². The van der Waals surface area contributed by atoms with Gasteiger partial charge in [0.15, 0.2) is 5.13 Å². The fraction of sp³-hybridized carbons (Fsp3) is 0.400. The number of para-hydroxylation sites is 1. The zero-order chi connectivity index (χ0) is 19.0. The summed E-state index contributed by atoms with van der Waals surface area (Å²) in [5.74, 6) is -1.20. The van der Waals surface area contributed by atoms with E-state index in [1.807, 2.05) is 42.6 Å². The smallest absolute Gasteiger partial charge is 0.253 e. The van der Waals surface area contributed by atoms with Crippen LogP contribution in [0.3, 0.4) is 0 Å². The van der Waals surface area contributed by atoms with Gasteiger partial charge in [-0.05, 0) is 31.9 Å². The highest BCUT2D eigenvalue weighted by atomic mass is 32.1. The molecule has 4 rings (SSSR count). The Balaban J connectivity index is 1.61. The molecule has 1 aromatic heterocycles. The second kappa shape index (κ2) is 7.23. The van der Waals surface area contributed by atoms with Gasteiger partial charge in [0.1, 0.15) is 6.54 Å². The van der Waals surface area contributed by atoms with Gasteiger partial charge in [-0.25, -0.2) is 4.98 Å². The SMILES string of the molecule is Cc1csc(N(C(=O)CN2C(=O)C3CCCCC3C2=O)c2ccccc2)n1. The van der Waals surface area contributed by atoms with E-state index in [0.717, 1.165) is 31.4 Å². The van der Waals surface area contributed by atoms with E-state index in [1.54, 1.807) is 0 Å². The number of aromatic nitrogens is 1. The summed E-state index contributed by atoms with van der Waals surface area (Å²) in [6.07, 6.45) is 3.43. The Bertz CT molecular complexity index is 856. The summed E-state index contributed by atoms with van der Waals surface area (Å²) in [5, 5.41) is 2.42. The number of fused-ring (bicyclic) bond motifs is 1. The summed E-state index contributed by atoms with van der Waals surface area (Å²) in [6, 6.07) is 9.20. The molecule has 2 fully saturated rings. The Hall–Kier alpha value is -2.54. The summed E-state index contributed by atoms with van der Waals surface area (Å²) in [6.45, 7) is 1.63. The van der Waals surface area contributed by atoms with Crippen molar-refractivity contribution in [3.05, 3.63) is 41.4 Å². The number of hydrogen-bond donors (Lipinski definition) is 0. The highest BCUT2D eigenvalue weighted by molar-refractivity contribution is 7.14. The van der Waals surface area contributed by atoms with E-state index in [0.29, 0.717) is 10.8 Å². The van der Waals surface area contributed by atoms with Gasteiger partial charge < -0.3 is 0 Å². The molecule has 0 bridgehead atoms. The Morgan fingerprint density at radius 1 is 1.15 bits per heavy atom. The van der Waals surface area contributed by atoms with Crippen LogP contribution in [-0.4, -0.2) is 34.2 Å². The molecule has 2 heterocycles. The van der Waals surface area contributed by atoms with Crippen LogP contribution in [0.2, 0.25) is 0 Å². The van der Waals surface area contributed by atoms with Crippen molar-refractivity contribution in [3.8, 4) is 0 Å². The highest BCUT2D eigenvalue weighted by Gasteiger charge is 2.48. The summed E-state index contributed by atoms with van der Waals surface area (Å²) < 4.78 is 0. The molecular formula is C20H21N3O3S. The van der Waals surface area contributed by atoms with Crippen LogP contribution >= 0.6 is 11.3 Å². The Labute approximate surface area is 161 Å². The van der Waals surface area contributed by atoms with Crippen molar-refractivity contribution in [2.24, 2.45) is 11.8 Å². The van der Waals surface area contributed by atoms with Crippen LogP contribution in [0.4, 0.5) is 10.8 Å². The quantitative estimate of drug-likeness (QED) is 0.760. The molecule has 1 aliphatic heterocycles. The third kappa shape index (κ3) is 3.27. The highest BCUT2D eigenvalue weighted by Crippen LogP contribution is 2.38. The minimum atomic E-state index is -0.323. The number of nitrogens with zero attached hydrogens (tertiary/aromatic N) is 3. The molecule has 140 valence electrons. The molecular weight excluding hydrogens is 362 g/mol. The lowest BCUT2D eigenvalue weighted by atomic mass is 9.81.